The zero-order valence-electron chi connectivity index (χ0n) is 11.0. The highest BCUT2D eigenvalue weighted by Gasteiger charge is 2.20. The Morgan fingerprint density at radius 3 is 2.63 bits per heavy atom. The molecule has 2 amide bonds. The number of hydrogen-bond donors (Lipinski definition) is 3. The van der Waals surface area contributed by atoms with Crippen molar-refractivity contribution >= 4 is 23.3 Å². The Morgan fingerprint density at radius 2 is 2.16 bits per heavy atom. The molecule has 1 aromatic rings. The van der Waals surface area contributed by atoms with Gasteiger partial charge in [-0.1, -0.05) is 0 Å². The molecule has 0 spiro atoms. The van der Waals surface area contributed by atoms with Crippen LogP contribution < -0.4 is 5.32 Å². The molecule has 1 aromatic heterocycles. The minimum atomic E-state index is -1.09. The average molecular weight is 287 g/mol. The van der Waals surface area contributed by atoms with Gasteiger partial charge in [-0.05, 0) is 13.8 Å². The highest BCUT2D eigenvalue weighted by Crippen LogP contribution is 2.18. The van der Waals surface area contributed by atoms with Gasteiger partial charge in [0.15, 0.2) is 5.69 Å². The maximum absolute atomic E-state index is 11.8. The van der Waals surface area contributed by atoms with Crippen LogP contribution in [0.2, 0.25) is 0 Å². The summed E-state index contributed by atoms with van der Waals surface area (Å²) in [6, 6.07) is -1.03. The van der Waals surface area contributed by atoms with Crippen molar-refractivity contribution in [1.82, 2.24) is 15.2 Å². The highest BCUT2D eigenvalue weighted by atomic mass is 32.1. The SMILES string of the molecule is CC(NC(=O)N(C)C(C)CO)c1nc(C(=O)O)cs1. The number of nitrogens with one attached hydrogen (secondary N) is 1. The minimum Gasteiger partial charge on any atom is -0.476 e. The molecule has 2 unspecified atom stereocenters. The van der Waals surface area contributed by atoms with Gasteiger partial charge in [-0.15, -0.1) is 11.3 Å². The topological polar surface area (TPSA) is 103 Å². The number of likely N-dealkylation sites (N-methyl/N-ethyl adjacent to an activating group) is 1. The lowest BCUT2D eigenvalue weighted by Gasteiger charge is -2.25. The smallest absolute Gasteiger partial charge is 0.355 e. The van der Waals surface area contributed by atoms with Crippen LogP contribution in [0.25, 0.3) is 0 Å². The summed E-state index contributed by atoms with van der Waals surface area (Å²) < 4.78 is 0. The number of carboxylic acid groups (broad SMARTS) is 1. The number of carbonyl (C=O) groups is 2. The molecule has 1 rings (SSSR count). The number of rotatable bonds is 5. The third kappa shape index (κ3) is 3.90. The van der Waals surface area contributed by atoms with Crippen LogP contribution in [0.5, 0.6) is 0 Å². The first kappa shape index (κ1) is 15.4. The van der Waals surface area contributed by atoms with Crippen LogP contribution in [-0.4, -0.2) is 51.8 Å². The summed E-state index contributed by atoms with van der Waals surface area (Å²) in [5.41, 5.74) is -0.0295. The first-order valence-corrected chi connectivity index (χ1v) is 6.57. The molecule has 106 valence electrons. The molecule has 0 aromatic carbocycles. The normalized spacial score (nSPS) is 13.7. The fourth-order valence-corrected chi connectivity index (χ4v) is 2.06. The molecule has 1 heterocycles. The van der Waals surface area contributed by atoms with Crippen molar-refractivity contribution in [2.45, 2.75) is 25.9 Å². The number of aliphatic hydroxyl groups is 1. The first-order chi connectivity index (χ1) is 8.86. The molecule has 3 N–H and O–H groups in total. The molecule has 0 radical (unpaired) electrons. The second kappa shape index (κ2) is 6.48. The Hall–Kier alpha value is -1.67. The van der Waals surface area contributed by atoms with E-state index in [0.717, 1.165) is 0 Å². The van der Waals surface area contributed by atoms with Gasteiger partial charge in [0.05, 0.1) is 18.7 Å². The van der Waals surface area contributed by atoms with Gasteiger partial charge in [0.25, 0.3) is 0 Å². The van der Waals surface area contributed by atoms with E-state index in [4.69, 9.17) is 10.2 Å². The van der Waals surface area contributed by atoms with E-state index in [1.807, 2.05) is 0 Å². The van der Waals surface area contributed by atoms with E-state index in [1.54, 1.807) is 20.9 Å². The lowest BCUT2D eigenvalue weighted by molar-refractivity contribution is 0.0691. The molecule has 19 heavy (non-hydrogen) atoms. The zero-order chi connectivity index (χ0) is 14.6. The number of aromatic nitrogens is 1. The van der Waals surface area contributed by atoms with Crippen LogP contribution in [0.1, 0.15) is 35.4 Å². The fourth-order valence-electron chi connectivity index (χ4n) is 1.26. The summed E-state index contributed by atoms with van der Waals surface area (Å²) in [5.74, 6) is -1.09. The molecular formula is C11H17N3O4S. The van der Waals surface area contributed by atoms with Crippen molar-refractivity contribution < 1.29 is 19.8 Å². The molecule has 2 atom stereocenters. The molecule has 0 saturated heterocycles. The zero-order valence-corrected chi connectivity index (χ0v) is 11.8. The number of amides is 2. The van der Waals surface area contributed by atoms with Crippen molar-refractivity contribution in [3.8, 4) is 0 Å². The first-order valence-electron chi connectivity index (χ1n) is 5.69. The largest absolute Gasteiger partial charge is 0.476 e. The monoisotopic (exact) mass is 287 g/mol. The van der Waals surface area contributed by atoms with Gasteiger partial charge < -0.3 is 20.4 Å². The average Bonchev–Trinajstić information content (AvgIpc) is 2.86. The predicted octanol–water partition coefficient (Wildman–Crippen LogP) is 0.925. The number of aliphatic hydroxyl groups excluding tert-OH is 1. The van der Waals surface area contributed by atoms with E-state index < -0.39 is 5.97 Å². The Bertz CT molecular complexity index is 463. The van der Waals surface area contributed by atoms with Crippen molar-refractivity contribution in [2.75, 3.05) is 13.7 Å². The number of hydrogen-bond acceptors (Lipinski definition) is 5. The Morgan fingerprint density at radius 1 is 1.53 bits per heavy atom. The highest BCUT2D eigenvalue weighted by molar-refractivity contribution is 7.09. The molecule has 0 aliphatic heterocycles. The molecule has 7 nitrogen and oxygen atoms in total. The minimum absolute atomic E-state index is 0.0295. The predicted molar refractivity (Wildman–Crippen MR) is 70.3 cm³/mol. The molecule has 0 aliphatic rings. The number of carboxylic acids is 1. The molecular weight excluding hydrogens is 270 g/mol. The lowest BCUT2D eigenvalue weighted by atomic mass is 10.3. The van der Waals surface area contributed by atoms with Gasteiger partial charge in [0, 0.05) is 12.4 Å². The summed E-state index contributed by atoms with van der Waals surface area (Å²) in [7, 11) is 1.58. The third-order valence-corrected chi connectivity index (χ3v) is 3.72. The number of thiazole rings is 1. The summed E-state index contributed by atoms with van der Waals surface area (Å²) in [6.07, 6.45) is 0. The Kier molecular flexibility index (Phi) is 5.25. The van der Waals surface area contributed by atoms with Gasteiger partial charge in [-0.25, -0.2) is 14.6 Å². The number of urea groups is 1. The van der Waals surface area contributed by atoms with Gasteiger partial charge in [-0.2, -0.15) is 0 Å². The molecule has 0 saturated carbocycles. The summed E-state index contributed by atoms with van der Waals surface area (Å²) in [5, 5.41) is 22.4. The van der Waals surface area contributed by atoms with Gasteiger partial charge in [0.2, 0.25) is 0 Å². The Balaban J connectivity index is 2.65. The Labute approximate surface area is 114 Å². The maximum Gasteiger partial charge on any atom is 0.355 e. The van der Waals surface area contributed by atoms with Crippen LogP contribution >= 0.6 is 11.3 Å². The maximum atomic E-state index is 11.8. The van der Waals surface area contributed by atoms with Crippen molar-refractivity contribution in [2.24, 2.45) is 0 Å². The van der Waals surface area contributed by atoms with Gasteiger partial charge in [0.1, 0.15) is 5.01 Å². The van der Waals surface area contributed by atoms with Crippen molar-refractivity contribution in [3.05, 3.63) is 16.1 Å². The molecule has 0 bridgehead atoms. The van der Waals surface area contributed by atoms with Crippen LogP contribution in [0.4, 0.5) is 4.79 Å². The summed E-state index contributed by atoms with van der Waals surface area (Å²) in [6.45, 7) is 3.31. The quantitative estimate of drug-likeness (QED) is 0.747. The van der Waals surface area contributed by atoms with Gasteiger partial charge >= 0.3 is 12.0 Å². The van der Waals surface area contributed by atoms with E-state index in [9.17, 15) is 9.59 Å². The lowest BCUT2D eigenvalue weighted by Crippen LogP contribution is -2.44. The van der Waals surface area contributed by atoms with Crippen LogP contribution in [0, 0.1) is 0 Å². The summed E-state index contributed by atoms with van der Waals surface area (Å²) >= 11 is 1.18. The second-order valence-corrected chi connectivity index (χ2v) is 5.08. The number of carbonyl (C=O) groups excluding carboxylic acids is 1. The molecule has 0 aliphatic carbocycles. The van der Waals surface area contributed by atoms with E-state index >= 15 is 0 Å². The number of nitrogens with zero attached hydrogens (tertiary/aromatic N) is 2. The molecule has 0 fully saturated rings. The van der Waals surface area contributed by atoms with Crippen molar-refractivity contribution in [1.29, 1.82) is 0 Å². The van der Waals surface area contributed by atoms with Crippen molar-refractivity contribution in [3.63, 3.8) is 0 Å². The van der Waals surface area contributed by atoms with Crippen LogP contribution in [0.3, 0.4) is 0 Å². The summed E-state index contributed by atoms with van der Waals surface area (Å²) in [4.78, 5) is 27.8. The van der Waals surface area contributed by atoms with E-state index in [2.05, 4.69) is 10.3 Å². The van der Waals surface area contributed by atoms with Crippen LogP contribution in [-0.2, 0) is 0 Å². The standard InChI is InChI=1S/C11H17N3O4S/c1-6(4-15)14(3)11(18)12-7(2)9-13-8(5-19-9)10(16)17/h5-7,15H,4H2,1-3H3,(H,12,18)(H,16,17). The fraction of sp³-hybridized carbons (Fsp3) is 0.545. The second-order valence-electron chi connectivity index (χ2n) is 4.19. The number of aromatic carboxylic acids is 1. The van der Waals surface area contributed by atoms with E-state index in [1.165, 1.54) is 21.6 Å². The van der Waals surface area contributed by atoms with E-state index in [0.29, 0.717) is 5.01 Å². The van der Waals surface area contributed by atoms with E-state index in [-0.39, 0.29) is 30.4 Å². The molecule has 8 heteroatoms. The van der Waals surface area contributed by atoms with Crippen LogP contribution in [0.15, 0.2) is 5.38 Å². The van der Waals surface area contributed by atoms with Gasteiger partial charge in [-0.3, -0.25) is 0 Å². The third-order valence-electron chi connectivity index (χ3n) is 2.70.